The quantitative estimate of drug-likeness (QED) is 0.524. The van der Waals surface area contributed by atoms with Crippen molar-refractivity contribution in [2.24, 2.45) is 0 Å². The summed E-state index contributed by atoms with van der Waals surface area (Å²) in [6, 6.07) is 22.9. The van der Waals surface area contributed by atoms with Gasteiger partial charge in [-0.1, -0.05) is 72.8 Å². The highest BCUT2D eigenvalue weighted by Crippen LogP contribution is 2.24. The Kier molecular flexibility index (Phi) is 7.34. The van der Waals surface area contributed by atoms with Crippen molar-refractivity contribution in [3.63, 3.8) is 0 Å². The predicted molar refractivity (Wildman–Crippen MR) is 120 cm³/mol. The summed E-state index contributed by atoms with van der Waals surface area (Å²) in [5.74, 6) is -1.41. The zero-order valence-corrected chi connectivity index (χ0v) is 17.7. The number of ether oxygens (including phenoxy) is 2. The van der Waals surface area contributed by atoms with Crippen LogP contribution in [-0.2, 0) is 25.7 Å². The van der Waals surface area contributed by atoms with Crippen LogP contribution in [0.25, 0.3) is 16.8 Å². The molecule has 0 bridgehead atoms. The minimum Gasteiger partial charge on any atom is -0.464 e. The lowest BCUT2D eigenvalue weighted by Crippen LogP contribution is -2.53. The van der Waals surface area contributed by atoms with Crippen LogP contribution in [0, 0.1) is 0 Å². The zero-order chi connectivity index (χ0) is 22.3. The van der Waals surface area contributed by atoms with Gasteiger partial charge < -0.3 is 14.6 Å². The summed E-state index contributed by atoms with van der Waals surface area (Å²) in [5.41, 5.74) is -0.667. The molecule has 0 unspecified atom stereocenters. The van der Waals surface area contributed by atoms with Crippen LogP contribution in [0.4, 0.5) is 0 Å². The third-order valence-corrected chi connectivity index (χ3v) is 4.93. The molecular weight excluding hydrogens is 392 g/mol. The number of fused-ring (bicyclic) bond motifs is 1. The summed E-state index contributed by atoms with van der Waals surface area (Å²) in [4.78, 5) is 25.1. The van der Waals surface area contributed by atoms with Gasteiger partial charge in [0.25, 0.3) is 0 Å². The first-order valence-electron chi connectivity index (χ1n) is 10.2. The monoisotopic (exact) mass is 418 g/mol. The van der Waals surface area contributed by atoms with E-state index in [0.29, 0.717) is 0 Å². The Morgan fingerprint density at radius 3 is 2.35 bits per heavy atom. The van der Waals surface area contributed by atoms with E-state index in [2.05, 4.69) is 0 Å². The van der Waals surface area contributed by atoms with Gasteiger partial charge in [0.05, 0.1) is 13.2 Å². The third-order valence-electron chi connectivity index (χ3n) is 4.93. The average Bonchev–Trinajstić information content (AvgIpc) is 2.78. The summed E-state index contributed by atoms with van der Waals surface area (Å²) in [6.07, 6.45) is 1.43. The lowest BCUT2D eigenvalue weighted by Gasteiger charge is -2.30. The molecule has 0 saturated heterocycles. The number of Topliss-reactive ketones (excluding diaryl/α,β-unsaturated/α-hetero) is 1. The lowest BCUT2D eigenvalue weighted by molar-refractivity contribution is -0.178. The molecule has 0 aromatic heterocycles. The first-order valence-corrected chi connectivity index (χ1v) is 10.2. The molecule has 0 aliphatic rings. The number of rotatable bonds is 9. The van der Waals surface area contributed by atoms with Crippen molar-refractivity contribution in [3.8, 4) is 0 Å². The fraction of sp³-hybridized carbons (Fsp3) is 0.231. The van der Waals surface area contributed by atoms with Crippen molar-refractivity contribution in [1.29, 1.82) is 0 Å². The van der Waals surface area contributed by atoms with Crippen molar-refractivity contribution in [2.75, 3.05) is 6.61 Å². The molecule has 5 nitrogen and oxygen atoms in total. The van der Waals surface area contributed by atoms with Gasteiger partial charge in [0.1, 0.15) is 0 Å². The maximum Gasteiger partial charge on any atom is 0.345 e. The molecule has 31 heavy (non-hydrogen) atoms. The van der Waals surface area contributed by atoms with Crippen LogP contribution in [0.15, 0.2) is 78.9 Å². The summed E-state index contributed by atoms with van der Waals surface area (Å²) < 4.78 is 10.9. The first-order chi connectivity index (χ1) is 14.9. The summed E-state index contributed by atoms with van der Waals surface area (Å²) >= 11 is 0. The average molecular weight is 418 g/mol. The molecule has 0 amide bonds. The molecule has 1 N–H and O–H groups in total. The first kappa shape index (κ1) is 22.4. The molecule has 0 radical (unpaired) electrons. The number of benzene rings is 3. The number of carbonyl (C=O) groups excluding carboxylic acids is 2. The van der Waals surface area contributed by atoms with E-state index in [1.54, 1.807) is 13.0 Å². The largest absolute Gasteiger partial charge is 0.464 e. The fourth-order valence-electron chi connectivity index (χ4n) is 3.36. The Hall–Kier alpha value is -3.28. The van der Waals surface area contributed by atoms with Crippen LogP contribution >= 0.6 is 0 Å². The van der Waals surface area contributed by atoms with E-state index in [4.69, 9.17) is 9.47 Å². The van der Waals surface area contributed by atoms with Gasteiger partial charge in [-0.15, -0.1) is 0 Å². The minimum absolute atomic E-state index is 0.0516. The maximum atomic E-state index is 12.7. The number of carbonyl (C=O) groups is 2. The molecule has 5 heteroatoms. The molecule has 0 fully saturated rings. The van der Waals surface area contributed by atoms with Crippen molar-refractivity contribution < 1.29 is 24.2 Å². The van der Waals surface area contributed by atoms with Crippen LogP contribution < -0.4 is 0 Å². The highest BCUT2D eigenvalue weighted by molar-refractivity contribution is 5.94. The van der Waals surface area contributed by atoms with E-state index in [1.807, 2.05) is 72.8 Å². The SMILES string of the molecule is CCOC(=O)[C@@](O)(/C=C/c1ccccc1)[C@@H](OCc1ccc2ccccc2c1)C(C)=O. The van der Waals surface area contributed by atoms with Gasteiger partial charge in [-0.3, -0.25) is 4.79 Å². The highest BCUT2D eigenvalue weighted by Gasteiger charge is 2.47. The van der Waals surface area contributed by atoms with Crippen molar-refractivity contribution in [2.45, 2.75) is 32.2 Å². The number of hydrogen-bond acceptors (Lipinski definition) is 5. The molecule has 3 aromatic carbocycles. The van der Waals surface area contributed by atoms with E-state index in [-0.39, 0.29) is 13.2 Å². The van der Waals surface area contributed by atoms with Crippen molar-refractivity contribution in [1.82, 2.24) is 0 Å². The summed E-state index contributed by atoms with van der Waals surface area (Å²) in [7, 11) is 0. The Morgan fingerprint density at radius 2 is 1.68 bits per heavy atom. The lowest BCUT2D eigenvalue weighted by atomic mass is 9.92. The second-order valence-electron chi connectivity index (χ2n) is 7.27. The molecule has 3 aromatic rings. The molecule has 3 rings (SSSR count). The summed E-state index contributed by atoms with van der Waals surface area (Å²) in [5, 5.41) is 13.4. The standard InChI is InChI=1S/C26H26O5/c1-3-30-25(28)26(29,16-15-20-9-5-4-6-10-20)24(19(2)27)31-18-21-13-14-22-11-7-8-12-23(22)17-21/h4-17,24,29H,3,18H2,1-2H3/b16-15+/t24-,26+/m0/s1. The zero-order valence-electron chi connectivity index (χ0n) is 17.7. The van der Waals surface area contributed by atoms with E-state index in [0.717, 1.165) is 21.9 Å². The van der Waals surface area contributed by atoms with E-state index < -0.39 is 23.5 Å². The second kappa shape index (κ2) is 10.2. The van der Waals surface area contributed by atoms with Gasteiger partial charge in [-0.05, 0) is 47.9 Å². The van der Waals surface area contributed by atoms with Crippen LogP contribution in [0.2, 0.25) is 0 Å². The Bertz CT molecular complexity index is 1070. The van der Waals surface area contributed by atoms with Crippen molar-refractivity contribution >= 4 is 28.6 Å². The van der Waals surface area contributed by atoms with Crippen molar-refractivity contribution in [3.05, 3.63) is 90.0 Å². The van der Waals surface area contributed by atoms with Gasteiger partial charge in [0, 0.05) is 0 Å². The Balaban J connectivity index is 1.88. The molecule has 0 saturated carbocycles. The Labute approximate surface area is 181 Å². The molecule has 2 atom stereocenters. The van der Waals surface area contributed by atoms with E-state index >= 15 is 0 Å². The number of ketones is 1. The van der Waals surface area contributed by atoms with Gasteiger partial charge in [-0.2, -0.15) is 0 Å². The van der Waals surface area contributed by atoms with Gasteiger partial charge in [0.2, 0.25) is 5.60 Å². The second-order valence-corrected chi connectivity index (χ2v) is 7.27. The molecule has 0 spiro atoms. The third kappa shape index (κ3) is 5.45. The molecule has 0 aliphatic carbocycles. The van der Waals surface area contributed by atoms with E-state index in [9.17, 15) is 14.7 Å². The highest BCUT2D eigenvalue weighted by atomic mass is 16.6. The number of aliphatic hydroxyl groups is 1. The summed E-state index contributed by atoms with van der Waals surface area (Å²) in [6.45, 7) is 3.04. The van der Waals surface area contributed by atoms with Gasteiger partial charge in [-0.25, -0.2) is 4.79 Å². The smallest absolute Gasteiger partial charge is 0.345 e. The molecule has 160 valence electrons. The molecule has 0 aliphatic heterocycles. The van der Waals surface area contributed by atoms with Crippen LogP contribution in [0.1, 0.15) is 25.0 Å². The number of hydrogen-bond donors (Lipinski definition) is 1. The van der Waals surface area contributed by atoms with E-state index in [1.165, 1.54) is 13.0 Å². The Morgan fingerprint density at radius 1 is 1.00 bits per heavy atom. The topological polar surface area (TPSA) is 72.8 Å². The predicted octanol–water partition coefficient (Wildman–Crippen LogP) is 4.32. The fourth-order valence-corrected chi connectivity index (χ4v) is 3.36. The maximum absolute atomic E-state index is 12.7. The normalized spacial score (nSPS) is 14.3. The molecular formula is C26H26O5. The van der Waals surface area contributed by atoms with Crippen LogP contribution in [0.3, 0.4) is 0 Å². The van der Waals surface area contributed by atoms with Crippen LogP contribution in [-0.4, -0.2) is 35.2 Å². The minimum atomic E-state index is -2.26. The van der Waals surface area contributed by atoms with Gasteiger partial charge >= 0.3 is 5.97 Å². The number of esters is 1. The molecule has 0 heterocycles. The van der Waals surface area contributed by atoms with Gasteiger partial charge in [0.15, 0.2) is 11.9 Å². The van der Waals surface area contributed by atoms with Crippen LogP contribution in [0.5, 0.6) is 0 Å².